The first-order valence-electron chi connectivity index (χ1n) is 7.25. The number of ether oxygens (including phenoxy) is 1. The zero-order chi connectivity index (χ0) is 15.6. The number of benzene rings is 1. The molecule has 1 aromatic carbocycles. The fourth-order valence-electron chi connectivity index (χ4n) is 2.88. The molecule has 0 saturated carbocycles. The Morgan fingerprint density at radius 2 is 2.05 bits per heavy atom. The first kappa shape index (κ1) is 16.0. The second-order valence-electron chi connectivity index (χ2n) is 5.73. The molecular formula is C18H23O2P. The summed E-state index contributed by atoms with van der Waals surface area (Å²) in [5.74, 6) is -0.220. The van der Waals surface area contributed by atoms with Gasteiger partial charge in [-0.05, 0) is 48.2 Å². The summed E-state index contributed by atoms with van der Waals surface area (Å²) in [5.41, 5.74) is 7.91. The number of rotatable bonds is 4. The third-order valence-electron chi connectivity index (χ3n) is 4.15. The van der Waals surface area contributed by atoms with Gasteiger partial charge in [-0.25, -0.2) is 4.79 Å². The van der Waals surface area contributed by atoms with Gasteiger partial charge in [0.15, 0.2) is 0 Å². The highest BCUT2D eigenvalue weighted by Crippen LogP contribution is 2.32. The quantitative estimate of drug-likeness (QED) is 0.615. The third kappa shape index (κ3) is 3.44. The number of methoxy groups -OCH3 is 1. The van der Waals surface area contributed by atoms with Crippen LogP contribution in [0, 0.1) is 13.8 Å². The van der Waals surface area contributed by atoms with Crippen molar-refractivity contribution < 1.29 is 9.53 Å². The molecule has 0 bridgehead atoms. The molecular weight excluding hydrogens is 279 g/mol. The maximum Gasteiger partial charge on any atom is 0.334 e. The van der Waals surface area contributed by atoms with E-state index in [1.54, 1.807) is 0 Å². The third-order valence-corrected chi connectivity index (χ3v) is 4.51. The van der Waals surface area contributed by atoms with Crippen LogP contribution in [0.4, 0.5) is 0 Å². The van der Waals surface area contributed by atoms with Crippen molar-refractivity contribution in [3.63, 3.8) is 0 Å². The maximum absolute atomic E-state index is 11.6. The van der Waals surface area contributed by atoms with Gasteiger partial charge in [-0.3, -0.25) is 0 Å². The Hall–Kier alpha value is -1.40. The van der Waals surface area contributed by atoms with E-state index in [-0.39, 0.29) is 5.97 Å². The zero-order valence-corrected chi connectivity index (χ0v) is 14.3. The van der Waals surface area contributed by atoms with Gasteiger partial charge < -0.3 is 4.74 Å². The van der Waals surface area contributed by atoms with E-state index in [4.69, 9.17) is 4.74 Å². The molecule has 2 nitrogen and oxygen atoms in total. The SMILES string of the molecule is COC(=O)C1=CC=C(Cc2c(C)ccc(C(C)P)c2C)C1. The van der Waals surface area contributed by atoms with Gasteiger partial charge in [0.1, 0.15) is 0 Å². The molecule has 0 saturated heterocycles. The topological polar surface area (TPSA) is 26.3 Å². The van der Waals surface area contributed by atoms with E-state index in [9.17, 15) is 4.79 Å². The molecule has 0 heterocycles. The summed E-state index contributed by atoms with van der Waals surface area (Å²) < 4.78 is 4.79. The van der Waals surface area contributed by atoms with Crippen molar-refractivity contribution in [2.75, 3.05) is 7.11 Å². The maximum atomic E-state index is 11.6. The second-order valence-corrected chi connectivity index (χ2v) is 6.73. The Labute approximate surface area is 129 Å². The highest BCUT2D eigenvalue weighted by Gasteiger charge is 2.18. The first-order chi connectivity index (χ1) is 9.93. The van der Waals surface area contributed by atoms with Crippen LogP contribution in [0.3, 0.4) is 0 Å². The van der Waals surface area contributed by atoms with Crippen molar-refractivity contribution in [3.05, 3.63) is 57.7 Å². The molecule has 0 spiro atoms. The van der Waals surface area contributed by atoms with Gasteiger partial charge in [-0.2, -0.15) is 0 Å². The monoisotopic (exact) mass is 302 g/mol. The molecule has 0 aliphatic heterocycles. The molecule has 1 aromatic rings. The fraction of sp³-hybridized carbons (Fsp3) is 0.389. The van der Waals surface area contributed by atoms with E-state index in [2.05, 4.69) is 48.2 Å². The molecule has 2 atom stereocenters. The summed E-state index contributed by atoms with van der Waals surface area (Å²) in [7, 11) is 4.29. The largest absolute Gasteiger partial charge is 0.466 e. The van der Waals surface area contributed by atoms with Crippen LogP contribution in [0.25, 0.3) is 0 Å². The molecule has 0 fully saturated rings. The second kappa shape index (κ2) is 6.58. The molecule has 1 aliphatic rings. The van der Waals surface area contributed by atoms with E-state index < -0.39 is 0 Å². The van der Waals surface area contributed by atoms with Crippen molar-refractivity contribution in [2.24, 2.45) is 0 Å². The standard InChI is InChI=1S/C18H23O2P/c1-11-5-8-16(13(3)21)12(2)17(11)10-14-6-7-15(9-14)18(19)20-4/h5-8,13H,9-10,21H2,1-4H3. The van der Waals surface area contributed by atoms with Crippen LogP contribution in [-0.2, 0) is 16.0 Å². The molecule has 21 heavy (non-hydrogen) atoms. The minimum absolute atomic E-state index is 0.220. The number of carbonyl (C=O) groups is 1. The fourth-order valence-corrected chi connectivity index (χ4v) is 3.24. The number of carbonyl (C=O) groups excluding carboxylic acids is 1. The van der Waals surface area contributed by atoms with Gasteiger partial charge >= 0.3 is 5.97 Å². The lowest BCUT2D eigenvalue weighted by molar-refractivity contribution is -0.136. The van der Waals surface area contributed by atoms with Crippen molar-refractivity contribution in [3.8, 4) is 0 Å². The van der Waals surface area contributed by atoms with E-state index in [1.807, 2.05) is 6.08 Å². The van der Waals surface area contributed by atoms with Crippen LogP contribution in [0.1, 0.15) is 41.3 Å². The average Bonchev–Trinajstić information content (AvgIpc) is 2.90. The molecule has 0 radical (unpaired) electrons. The Morgan fingerprint density at radius 1 is 1.33 bits per heavy atom. The molecule has 2 rings (SSSR count). The van der Waals surface area contributed by atoms with Crippen molar-refractivity contribution in [1.29, 1.82) is 0 Å². The summed E-state index contributed by atoms with van der Waals surface area (Å²) in [6.07, 6.45) is 5.54. The summed E-state index contributed by atoms with van der Waals surface area (Å²) in [5, 5.41) is 0. The van der Waals surface area contributed by atoms with Gasteiger partial charge in [-0.1, -0.05) is 36.8 Å². The molecule has 2 unspecified atom stereocenters. The van der Waals surface area contributed by atoms with Gasteiger partial charge in [-0.15, -0.1) is 9.24 Å². The molecule has 0 amide bonds. The molecule has 0 aromatic heterocycles. The van der Waals surface area contributed by atoms with Crippen LogP contribution in [0.5, 0.6) is 0 Å². The number of aryl methyl sites for hydroxylation is 1. The lowest BCUT2D eigenvalue weighted by Gasteiger charge is -2.17. The zero-order valence-electron chi connectivity index (χ0n) is 13.2. The van der Waals surface area contributed by atoms with Gasteiger partial charge in [0, 0.05) is 12.0 Å². The van der Waals surface area contributed by atoms with Crippen molar-refractivity contribution in [2.45, 2.75) is 39.3 Å². The minimum atomic E-state index is -0.220. The van der Waals surface area contributed by atoms with Gasteiger partial charge in [0.05, 0.1) is 7.11 Å². The van der Waals surface area contributed by atoms with E-state index in [0.717, 1.165) is 12.0 Å². The van der Waals surface area contributed by atoms with Gasteiger partial charge in [0.2, 0.25) is 0 Å². The minimum Gasteiger partial charge on any atom is -0.466 e. The van der Waals surface area contributed by atoms with E-state index in [1.165, 1.54) is 34.9 Å². The predicted molar refractivity (Wildman–Crippen MR) is 90.5 cm³/mol. The summed E-state index contributed by atoms with van der Waals surface area (Å²) >= 11 is 0. The Bertz CT molecular complexity index is 624. The number of hydrogen-bond acceptors (Lipinski definition) is 2. The smallest absolute Gasteiger partial charge is 0.334 e. The van der Waals surface area contributed by atoms with Crippen LogP contribution < -0.4 is 0 Å². The Balaban J connectivity index is 2.19. The number of esters is 1. The lowest BCUT2D eigenvalue weighted by Crippen LogP contribution is -2.05. The molecule has 112 valence electrons. The van der Waals surface area contributed by atoms with Crippen LogP contribution in [0.15, 0.2) is 35.4 Å². The normalized spacial score (nSPS) is 15.5. The van der Waals surface area contributed by atoms with Gasteiger partial charge in [0.25, 0.3) is 0 Å². The molecule has 3 heteroatoms. The summed E-state index contributed by atoms with van der Waals surface area (Å²) in [4.78, 5) is 11.6. The number of allylic oxidation sites excluding steroid dienone is 3. The predicted octanol–water partition coefficient (Wildman–Crippen LogP) is 4.21. The lowest BCUT2D eigenvalue weighted by atomic mass is 9.91. The van der Waals surface area contributed by atoms with Crippen molar-refractivity contribution >= 4 is 15.2 Å². The Kier molecular flexibility index (Phi) is 5.00. The highest BCUT2D eigenvalue weighted by atomic mass is 31.0. The first-order valence-corrected chi connectivity index (χ1v) is 7.92. The van der Waals surface area contributed by atoms with Crippen LogP contribution in [-0.4, -0.2) is 13.1 Å². The average molecular weight is 302 g/mol. The molecule has 1 aliphatic carbocycles. The van der Waals surface area contributed by atoms with E-state index in [0.29, 0.717) is 12.1 Å². The van der Waals surface area contributed by atoms with Crippen molar-refractivity contribution in [1.82, 2.24) is 0 Å². The summed E-state index contributed by atoms with van der Waals surface area (Å²) in [6.45, 7) is 6.55. The molecule has 0 N–H and O–H groups in total. The van der Waals surface area contributed by atoms with Crippen LogP contribution in [0.2, 0.25) is 0 Å². The Morgan fingerprint density at radius 3 is 2.67 bits per heavy atom. The van der Waals surface area contributed by atoms with E-state index >= 15 is 0 Å². The van der Waals surface area contributed by atoms with Crippen LogP contribution >= 0.6 is 9.24 Å². The summed E-state index contributed by atoms with van der Waals surface area (Å²) in [6, 6.07) is 4.41. The highest BCUT2D eigenvalue weighted by molar-refractivity contribution is 7.17. The number of hydrogen-bond donors (Lipinski definition) is 0.